The Balaban J connectivity index is 1.34. The van der Waals surface area contributed by atoms with Crippen molar-refractivity contribution in [2.75, 3.05) is 30.4 Å². The predicted octanol–water partition coefficient (Wildman–Crippen LogP) is 2.84. The largest absolute Gasteiger partial charge is 0.486 e. The Bertz CT molecular complexity index is 940. The second-order valence-corrected chi connectivity index (χ2v) is 5.82. The first-order valence-electron chi connectivity index (χ1n) is 8.43. The maximum absolute atomic E-state index is 12.2. The van der Waals surface area contributed by atoms with Crippen LogP contribution in [0.2, 0.25) is 0 Å². The maximum atomic E-state index is 12.2. The van der Waals surface area contributed by atoms with Crippen LogP contribution in [0.15, 0.2) is 48.8 Å². The number of amides is 1. The quantitative estimate of drug-likeness (QED) is 0.736. The highest BCUT2D eigenvalue weighted by Crippen LogP contribution is 2.32. The summed E-state index contributed by atoms with van der Waals surface area (Å²) in [5.41, 5.74) is 1.55. The molecule has 7 nitrogen and oxygen atoms in total. The average Bonchev–Trinajstić information content (AvgIpc) is 2.68. The van der Waals surface area contributed by atoms with Gasteiger partial charge in [0.1, 0.15) is 25.4 Å². The number of aromatic nitrogens is 2. The second-order valence-electron chi connectivity index (χ2n) is 5.82. The van der Waals surface area contributed by atoms with Gasteiger partial charge in [0, 0.05) is 30.1 Å². The topological polar surface area (TPSA) is 85.4 Å². The number of nitrogens with zero attached hydrogens (tertiary/aromatic N) is 2. The molecule has 2 aromatic carbocycles. The molecule has 0 aliphatic carbocycles. The van der Waals surface area contributed by atoms with Crippen LogP contribution in [0.4, 0.5) is 11.5 Å². The SMILES string of the molecule is O=C(CCNc1ncnc2ccccc12)Nc1ccc2c(c1)OCCO2. The number of anilines is 2. The number of nitrogens with one attached hydrogen (secondary N) is 2. The molecule has 0 saturated carbocycles. The van der Waals surface area contributed by atoms with Crippen LogP contribution in [0, 0.1) is 0 Å². The molecule has 3 aromatic rings. The fourth-order valence-electron chi connectivity index (χ4n) is 2.78. The number of carbonyl (C=O) groups is 1. The molecule has 1 aliphatic heterocycles. The molecular formula is C19H18N4O3. The van der Waals surface area contributed by atoms with Crippen molar-refractivity contribution in [2.45, 2.75) is 6.42 Å². The standard InChI is InChI=1S/C19H18N4O3/c24-18(23-13-5-6-16-17(11-13)26-10-9-25-16)7-8-20-19-14-3-1-2-4-15(14)21-12-22-19/h1-6,11-12H,7-10H2,(H,23,24)(H,20,21,22). The van der Waals surface area contributed by atoms with Crippen LogP contribution in [0.5, 0.6) is 11.5 Å². The van der Waals surface area contributed by atoms with Crippen molar-refractivity contribution in [3.8, 4) is 11.5 Å². The molecule has 4 rings (SSSR count). The van der Waals surface area contributed by atoms with Gasteiger partial charge in [-0.05, 0) is 24.3 Å². The van der Waals surface area contributed by atoms with Crippen LogP contribution in [0.25, 0.3) is 10.9 Å². The minimum atomic E-state index is -0.0902. The van der Waals surface area contributed by atoms with Gasteiger partial charge in [0.05, 0.1) is 5.52 Å². The molecule has 1 aromatic heterocycles. The number of rotatable bonds is 5. The van der Waals surface area contributed by atoms with Gasteiger partial charge < -0.3 is 20.1 Å². The Hall–Kier alpha value is -3.35. The lowest BCUT2D eigenvalue weighted by molar-refractivity contribution is -0.115. The first kappa shape index (κ1) is 16.1. The molecule has 0 spiro atoms. The lowest BCUT2D eigenvalue weighted by Crippen LogP contribution is -2.18. The van der Waals surface area contributed by atoms with Crippen molar-refractivity contribution in [2.24, 2.45) is 0 Å². The maximum Gasteiger partial charge on any atom is 0.226 e. The second kappa shape index (κ2) is 7.26. The summed E-state index contributed by atoms with van der Waals surface area (Å²) in [7, 11) is 0. The van der Waals surface area contributed by atoms with E-state index in [1.807, 2.05) is 24.3 Å². The van der Waals surface area contributed by atoms with Crippen molar-refractivity contribution in [3.63, 3.8) is 0 Å². The van der Waals surface area contributed by atoms with E-state index in [-0.39, 0.29) is 5.91 Å². The van der Waals surface area contributed by atoms with Crippen LogP contribution in [0.1, 0.15) is 6.42 Å². The van der Waals surface area contributed by atoms with Gasteiger partial charge in [-0.1, -0.05) is 12.1 Å². The van der Waals surface area contributed by atoms with Crippen LogP contribution >= 0.6 is 0 Å². The molecule has 1 amide bonds. The summed E-state index contributed by atoms with van der Waals surface area (Å²) in [4.78, 5) is 20.7. The molecule has 132 valence electrons. The first-order chi connectivity index (χ1) is 12.8. The molecule has 0 atom stereocenters. The van der Waals surface area contributed by atoms with Crippen LogP contribution in [-0.2, 0) is 4.79 Å². The fourth-order valence-corrected chi connectivity index (χ4v) is 2.78. The predicted molar refractivity (Wildman–Crippen MR) is 98.7 cm³/mol. The van der Waals surface area contributed by atoms with Crippen molar-refractivity contribution < 1.29 is 14.3 Å². The highest BCUT2D eigenvalue weighted by Gasteiger charge is 2.12. The third-order valence-corrected chi connectivity index (χ3v) is 4.01. The molecule has 1 aliphatic rings. The Labute approximate surface area is 150 Å². The summed E-state index contributed by atoms with van der Waals surface area (Å²) >= 11 is 0. The van der Waals surface area contributed by atoms with E-state index in [0.29, 0.717) is 43.4 Å². The smallest absolute Gasteiger partial charge is 0.226 e. The first-order valence-corrected chi connectivity index (χ1v) is 8.43. The van der Waals surface area contributed by atoms with Gasteiger partial charge in [-0.15, -0.1) is 0 Å². The van der Waals surface area contributed by atoms with Gasteiger partial charge in [-0.25, -0.2) is 9.97 Å². The van der Waals surface area contributed by atoms with E-state index in [2.05, 4.69) is 20.6 Å². The molecule has 7 heteroatoms. The van der Waals surface area contributed by atoms with Crippen LogP contribution in [0.3, 0.4) is 0 Å². The van der Waals surface area contributed by atoms with Crippen molar-refractivity contribution in [3.05, 3.63) is 48.8 Å². The molecule has 2 N–H and O–H groups in total. The van der Waals surface area contributed by atoms with E-state index >= 15 is 0 Å². The zero-order chi connectivity index (χ0) is 17.8. The number of hydrogen-bond acceptors (Lipinski definition) is 6. The number of benzene rings is 2. The number of ether oxygens (including phenoxy) is 2. The molecule has 0 unspecified atom stereocenters. The van der Waals surface area contributed by atoms with Gasteiger partial charge in [0.15, 0.2) is 11.5 Å². The lowest BCUT2D eigenvalue weighted by Gasteiger charge is -2.19. The normalized spacial score (nSPS) is 12.6. The number of hydrogen-bond donors (Lipinski definition) is 2. The molecule has 0 radical (unpaired) electrons. The summed E-state index contributed by atoms with van der Waals surface area (Å²) in [5.74, 6) is 1.99. The third-order valence-electron chi connectivity index (χ3n) is 4.01. The lowest BCUT2D eigenvalue weighted by atomic mass is 10.2. The van der Waals surface area contributed by atoms with E-state index in [4.69, 9.17) is 9.47 Å². The number of fused-ring (bicyclic) bond motifs is 2. The summed E-state index contributed by atoms with van der Waals surface area (Å²) in [6.45, 7) is 1.53. The van der Waals surface area contributed by atoms with Gasteiger partial charge in [0.25, 0.3) is 0 Å². The van der Waals surface area contributed by atoms with Gasteiger partial charge in [0.2, 0.25) is 5.91 Å². The number of para-hydroxylation sites is 1. The molecule has 0 saturated heterocycles. The molecule has 2 heterocycles. The monoisotopic (exact) mass is 350 g/mol. The van der Waals surface area contributed by atoms with Gasteiger partial charge in [-0.3, -0.25) is 4.79 Å². The van der Waals surface area contributed by atoms with Crippen molar-refractivity contribution >= 4 is 28.3 Å². The highest BCUT2D eigenvalue weighted by atomic mass is 16.6. The van der Waals surface area contributed by atoms with E-state index in [0.717, 1.165) is 16.7 Å². The van der Waals surface area contributed by atoms with E-state index in [1.54, 1.807) is 18.2 Å². The average molecular weight is 350 g/mol. The van der Waals surface area contributed by atoms with Gasteiger partial charge >= 0.3 is 0 Å². The molecular weight excluding hydrogens is 332 g/mol. The Morgan fingerprint density at radius 1 is 1.04 bits per heavy atom. The Morgan fingerprint density at radius 3 is 2.81 bits per heavy atom. The van der Waals surface area contributed by atoms with E-state index in [9.17, 15) is 4.79 Å². The van der Waals surface area contributed by atoms with Crippen LogP contribution in [-0.4, -0.2) is 35.6 Å². The Morgan fingerprint density at radius 2 is 1.88 bits per heavy atom. The zero-order valence-electron chi connectivity index (χ0n) is 14.1. The molecule has 0 bridgehead atoms. The summed E-state index contributed by atoms with van der Waals surface area (Å²) in [5, 5.41) is 7.00. The van der Waals surface area contributed by atoms with Crippen molar-refractivity contribution in [1.29, 1.82) is 0 Å². The number of carbonyl (C=O) groups excluding carboxylic acids is 1. The fraction of sp³-hybridized carbons (Fsp3) is 0.211. The zero-order valence-corrected chi connectivity index (χ0v) is 14.1. The minimum Gasteiger partial charge on any atom is -0.486 e. The third kappa shape index (κ3) is 3.51. The van der Waals surface area contributed by atoms with Crippen LogP contribution < -0.4 is 20.1 Å². The van der Waals surface area contributed by atoms with E-state index in [1.165, 1.54) is 6.33 Å². The Kier molecular flexibility index (Phi) is 4.51. The summed E-state index contributed by atoms with van der Waals surface area (Å²) in [6.07, 6.45) is 1.83. The molecule has 26 heavy (non-hydrogen) atoms. The summed E-state index contributed by atoms with van der Waals surface area (Å²) < 4.78 is 11.0. The van der Waals surface area contributed by atoms with Gasteiger partial charge in [-0.2, -0.15) is 0 Å². The summed E-state index contributed by atoms with van der Waals surface area (Å²) in [6, 6.07) is 13.1. The van der Waals surface area contributed by atoms with E-state index < -0.39 is 0 Å². The minimum absolute atomic E-state index is 0.0902. The van der Waals surface area contributed by atoms with Crippen molar-refractivity contribution in [1.82, 2.24) is 9.97 Å². The molecule has 0 fully saturated rings. The highest BCUT2D eigenvalue weighted by molar-refractivity contribution is 5.92.